The van der Waals surface area contributed by atoms with Crippen molar-refractivity contribution < 1.29 is 19.4 Å². The highest BCUT2D eigenvalue weighted by Gasteiger charge is 2.37. The Morgan fingerprint density at radius 1 is 1.62 bits per heavy atom. The second-order valence-electron chi connectivity index (χ2n) is 4.21. The molecule has 0 saturated carbocycles. The normalized spacial score (nSPS) is 26.3. The minimum Gasteiger partial charge on any atom is -0.444 e. The molecule has 0 aromatic rings. The number of amides is 1. The third-order valence-electron chi connectivity index (χ3n) is 2.73. The van der Waals surface area contributed by atoms with Crippen molar-refractivity contribution in [2.75, 3.05) is 19.8 Å². The summed E-state index contributed by atoms with van der Waals surface area (Å²) in [6.07, 6.45) is 1.39. The molecule has 0 radical (unpaired) electrons. The lowest BCUT2D eigenvalue weighted by atomic mass is 10.00. The molecule has 2 N–H and O–H groups in total. The number of hydrogen-bond acceptors (Lipinski definition) is 4. The maximum atomic E-state index is 11.1. The van der Waals surface area contributed by atoms with Crippen molar-refractivity contribution in [1.29, 1.82) is 0 Å². The van der Waals surface area contributed by atoms with Crippen molar-refractivity contribution >= 4 is 6.09 Å². The number of aliphatic hydroxyl groups excluding tert-OH is 1. The fraction of sp³-hybridized carbons (Fsp3) is 0.909. The highest BCUT2D eigenvalue weighted by atomic mass is 16.6. The zero-order valence-corrected chi connectivity index (χ0v) is 9.94. The molecule has 2 unspecified atom stereocenters. The highest BCUT2D eigenvalue weighted by Crippen LogP contribution is 2.17. The molecule has 1 aliphatic heterocycles. The topological polar surface area (TPSA) is 67.8 Å². The van der Waals surface area contributed by atoms with Crippen LogP contribution in [0.1, 0.15) is 26.7 Å². The molecule has 5 heteroatoms. The van der Waals surface area contributed by atoms with Crippen LogP contribution in [0.5, 0.6) is 0 Å². The Kier molecular flexibility index (Phi) is 5.55. The largest absolute Gasteiger partial charge is 0.444 e. The Morgan fingerprint density at radius 2 is 2.38 bits per heavy atom. The first-order valence-corrected chi connectivity index (χ1v) is 5.84. The quantitative estimate of drug-likeness (QED) is 0.639. The molecule has 94 valence electrons. The van der Waals surface area contributed by atoms with Gasteiger partial charge in [0, 0.05) is 19.1 Å². The third-order valence-corrected chi connectivity index (χ3v) is 2.73. The Hall–Kier alpha value is -0.810. The maximum Gasteiger partial charge on any atom is 0.407 e. The van der Waals surface area contributed by atoms with Gasteiger partial charge < -0.3 is 19.9 Å². The molecule has 16 heavy (non-hydrogen) atoms. The summed E-state index contributed by atoms with van der Waals surface area (Å²) in [5, 5.41) is 11.7. The van der Waals surface area contributed by atoms with E-state index in [9.17, 15) is 4.79 Å². The van der Waals surface area contributed by atoms with Crippen LogP contribution in [0.2, 0.25) is 0 Å². The number of ether oxygens (including phenoxy) is 2. The lowest BCUT2D eigenvalue weighted by Crippen LogP contribution is -2.40. The standard InChI is InChI=1S/C11H21NO4/c1-3-4-5-15-7-9-10(8(2)6-13)16-11(14)12-9/h8-10,13H,3-7H2,1-2H3,(H,12,14)/t8?,9-,10?/m1/s1. The molecule has 1 aliphatic rings. The van der Waals surface area contributed by atoms with Gasteiger partial charge in [-0.25, -0.2) is 4.79 Å². The van der Waals surface area contributed by atoms with Crippen molar-refractivity contribution in [3.05, 3.63) is 0 Å². The number of nitrogens with one attached hydrogen (secondary N) is 1. The molecular formula is C11H21NO4. The van der Waals surface area contributed by atoms with Crippen LogP contribution in [0.15, 0.2) is 0 Å². The summed E-state index contributed by atoms with van der Waals surface area (Å²) in [5.41, 5.74) is 0. The van der Waals surface area contributed by atoms with E-state index in [0.717, 1.165) is 12.8 Å². The van der Waals surface area contributed by atoms with E-state index in [0.29, 0.717) is 13.2 Å². The van der Waals surface area contributed by atoms with Crippen LogP contribution in [0, 0.1) is 5.92 Å². The van der Waals surface area contributed by atoms with Crippen molar-refractivity contribution in [2.45, 2.75) is 38.8 Å². The van der Waals surface area contributed by atoms with Gasteiger partial charge in [-0.3, -0.25) is 0 Å². The van der Waals surface area contributed by atoms with Gasteiger partial charge in [0.1, 0.15) is 6.10 Å². The van der Waals surface area contributed by atoms with E-state index in [-0.39, 0.29) is 24.7 Å². The van der Waals surface area contributed by atoms with Crippen molar-refractivity contribution in [3.8, 4) is 0 Å². The monoisotopic (exact) mass is 231 g/mol. The van der Waals surface area contributed by atoms with E-state index in [1.165, 1.54) is 0 Å². The molecule has 0 bridgehead atoms. The molecule has 1 amide bonds. The second-order valence-corrected chi connectivity index (χ2v) is 4.21. The second kappa shape index (κ2) is 6.70. The molecule has 1 fully saturated rings. The van der Waals surface area contributed by atoms with Crippen molar-refractivity contribution in [1.82, 2.24) is 5.32 Å². The van der Waals surface area contributed by atoms with Gasteiger partial charge in [-0.2, -0.15) is 0 Å². The molecule has 3 atom stereocenters. The zero-order chi connectivity index (χ0) is 12.0. The zero-order valence-electron chi connectivity index (χ0n) is 9.94. The molecule has 1 heterocycles. The average Bonchev–Trinajstić information content (AvgIpc) is 2.65. The van der Waals surface area contributed by atoms with Gasteiger partial charge in [0.2, 0.25) is 0 Å². The van der Waals surface area contributed by atoms with Gasteiger partial charge in [0.25, 0.3) is 0 Å². The number of carbonyl (C=O) groups excluding carboxylic acids is 1. The van der Waals surface area contributed by atoms with Crippen LogP contribution < -0.4 is 5.32 Å². The molecule has 5 nitrogen and oxygen atoms in total. The lowest BCUT2D eigenvalue weighted by Gasteiger charge is -2.21. The summed E-state index contributed by atoms with van der Waals surface area (Å²) < 4.78 is 10.5. The van der Waals surface area contributed by atoms with Gasteiger partial charge in [-0.05, 0) is 6.42 Å². The van der Waals surface area contributed by atoms with E-state index in [2.05, 4.69) is 12.2 Å². The van der Waals surface area contributed by atoms with Crippen LogP contribution in [0.3, 0.4) is 0 Å². The maximum absolute atomic E-state index is 11.1. The first-order chi connectivity index (χ1) is 7.69. The van der Waals surface area contributed by atoms with Crippen molar-refractivity contribution in [3.63, 3.8) is 0 Å². The number of hydrogen-bond donors (Lipinski definition) is 2. The number of aliphatic hydroxyl groups is 1. The average molecular weight is 231 g/mol. The van der Waals surface area contributed by atoms with Crippen LogP contribution >= 0.6 is 0 Å². The summed E-state index contributed by atoms with van der Waals surface area (Å²) in [6, 6.07) is -0.147. The van der Waals surface area contributed by atoms with E-state index < -0.39 is 6.09 Å². The van der Waals surface area contributed by atoms with E-state index >= 15 is 0 Å². The molecule has 0 aromatic heterocycles. The van der Waals surface area contributed by atoms with E-state index in [4.69, 9.17) is 14.6 Å². The van der Waals surface area contributed by atoms with E-state index in [1.807, 2.05) is 6.92 Å². The number of rotatable bonds is 7. The van der Waals surface area contributed by atoms with Crippen LogP contribution in [-0.4, -0.2) is 43.2 Å². The SMILES string of the molecule is CCCCOC[C@H]1NC(=O)OC1C(C)CO. The Balaban J connectivity index is 2.34. The molecule has 1 saturated heterocycles. The van der Waals surface area contributed by atoms with Gasteiger partial charge in [0.05, 0.1) is 12.6 Å². The Bertz CT molecular complexity index is 222. The summed E-state index contributed by atoms with van der Waals surface area (Å²) in [5.74, 6) is -0.0706. The summed E-state index contributed by atoms with van der Waals surface area (Å²) >= 11 is 0. The van der Waals surface area contributed by atoms with Gasteiger partial charge in [0.15, 0.2) is 0 Å². The van der Waals surface area contributed by atoms with Crippen LogP contribution in [-0.2, 0) is 9.47 Å². The molecule has 0 aliphatic carbocycles. The van der Waals surface area contributed by atoms with Crippen LogP contribution in [0.4, 0.5) is 4.79 Å². The molecule has 1 rings (SSSR count). The molecule has 0 aromatic carbocycles. The molecule has 0 spiro atoms. The predicted molar refractivity (Wildman–Crippen MR) is 59.2 cm³/mol. The van der Waals surface area contributed by atoms with Gasteiger partial charge in [-0.1, -0.05) is 20.3 Å². The lowest BCUT2D eigenvalue weighted by molar-refractivity contribution is 0.0387. The smallest absolute Gasteiger partial charge is 0.407 e. The predicted octanol–water partition coefficient (Wildman–Crippen LogP) is 0.908. The number of unbranched alkanes of at least 4 members (excludes halogenated alkanes) is 1. The third kappa shape index (κ3) is 3.64. The van der Waals surface area contributed by atoms with Gasteiger partial charge >= 0.3 is 6.09 Å². The highest BCUT2D eigenvalue weighted by molar-refractivity contribution is 5.70. The van der Waals surface area contributed by atoms with Crippen LogP contribution in [0.25, 0.3) is 0 Å². The fourth-order valence-corrected chi connectivity index (χ4v) is 1.68. The first-order valence-electron chi connectivity index (χ1n) is 5.84. The minimum absolute atomic E-state index is 0.00505. The van der Waals surface area contributed by atoms with Gasteiger partial charge in [-0.15, -0.1) is 0 Å². The number of carbonyl (C=O) groups is 1. The summed E-state index contributed by atoms with van der Waals surface area (Å²) in [7, 11) is 0. The summed E-state index contributed by atoms with van der Waals surface area (Å²) in [6.45, 7) is 5.10. The first kappa shape index (κ1) is 13.3. The minimum atomic E-state index is -0.422. The number of alkyl carbamates (subject to hydrolysis) is 1. The Morgan fingerprint density at radius 3 is 3.00 bits per heavy atom. The Labute approximate surface area is 96.1 Å². The van der Waals surface area contributed by atoms with E-state index in [1.54, 1.807) is 0 Å². The molecular weight excluding hydrogens is 210 g/mol. The summed E-state index contributed by atoms with van der Waals surface area (Å²) in [4.78, 5) is 11.1. The van der Waals surface area contributed by atoms with Crippen molar-refractivity contribution in [2.24, 2.45) is 5.92 Å². The number of cyclic esters (lactones) is 1. The fourth-order valence-electron chi connectivity index (χ4n) is 1.68.